The van der Waals surface area contributed by atoms with Gasteiger partial charge in [-0.2, -0.15) is 0 Å². The number of pyridine rings is 1. The molecule has 2 heterocycles. The third kappa shape index (κ3) is 3.23. The third-order valence-electron chi connectivity index (χ3n) is 4.46. The quantitative estimate of drug-likeness (QED) is 0.907. The second-order valence-electron chi connectivity index (χ2n) is 6.02. The largest absolute Gasteiger partial charge is 0.381 e. The van der Waals surface area contributed by atoms with E-state index in [0.717, 1.165) is 5.56 Å². The summed E-state index contributed by atoms with van der Waals surface area (Å²) in [7, 11) is 0. The van der Waals surface area contributed by atoms with Crippen LogP contribution in [-0.4, -0.2) is 24.1 Å². The molecule has 1 fully saturated rings. The first-order valence-corrected chi connectivity index (χ1v) is 7.86. The van der Waals surface area contributed by atoms with E-state index in [0.29, 0.717) is 37.3 Å². The van der Waals surface area contributed by atoms with Crippen molar-refractivity contribution in [2.45, 2.75) is 25.3 Å². The van der Waals surface area contributed by atoms with E-state index in [4.69, 9.17) is 4.74 Å². The summed E-state index contributed by atoms with van der Waals surface area (Å²) < 4.78 is 18.7. The minimum atomic E-state index is -0.606. The number of aromatic amines is 1. The molecule has 24 heavy (non-hydrogen) atoms. The Bertz CT molecular complexity index is 793. The van der Waals surface area contributed by atoms with Crippen LogP contribution in [0.25, 0.3) is 0 Å². The number of carbonyl (C=O) groups excluding carboxylic acids is 1. The van der Waals surface area contributed by atoms with Crippen LogP contribution in [0.2, 0.25) is 0 Å². The number of nitrogens with one attached hydrogen (secondary N) is 2. The Morgan fingerprint density at radius 3 is 2.46 bits per heavy atom. The Morgan fingerprint density at radius 1 is 1.17 bits per heavy atom. The molecule has 2 aromatic rings. The van der Waals surface area contributed by atoms with Crippen LogP contribution in [0.15, 0.2) is 41.2 Å². The Morgan fingerprint density at radius 2 is 1.83 bits per heavy atom. The zero-order chi connectivity index (χ0) is 17.2. The first kappa shape index (κ1) is 16.4. The van der Waals surface area contributed by atoms with Gasteiger partial charge in [0.2, 0.25) is 5.56 Å². The number of aryl methyl sites for hydroxylation is 1. The summed E-state index contributed by atoms with van der Waals surface area (Å²) in [6.07, 6.45) is 1.21. The number of benzene rings is 1. The van der Waals surface area contributed by atoms with Crippen molar-refractivity contribution in [3.63, 3.8) is 0 Å². The first-order chi connectivity index (χ1) is 11.5. The van der Waals surface area contributed by atoms with Crippen LogP contribution in [0.1, 0.15) is 34.5 Å². The Balaban J connectivity index is 1.93. The van der Waals surface area contributed by atoms with Gasteiger partial charge in [-0.1, -0.05) is 12.1 Å². The van der Waals surface area contributed by atoms with E-state index >= 15 is 0 Å². The van der Waals surface area contributed by atoms with Gasteiger partial charge in [0.25, 0.3) is 5.91 Å². The van der Waals surface area contributed by atoms with E-state index in [9.17, 15) is 14.0 Å². The highest BCUT2D eigenvalue weighted by atomic mass is 19.1. The van der Waals surface area contributed by atoms with Gasteiger partial charge < -0.3 is 15.0 Å². The van der Waals surface area contributed by atoms with Gasteiger partial charge in [-0.05, 0) is 43.5 Å². The minimum absolute atomic E-state index is 0.247. The van der Waals surface area contributed by atoms with Crippen LogP contribution >= 0.6 is 0 Å². The van der Waals surface area contributed by atoms with E-state index in [1.165, 1.54) is 24.3 Å². The van der Waals surface area contributed by atoms with Crippen molar-refractivity contribution < 1.29 is 13.9 Å². The van der Waals surface area contributed by atoms with Crippen LogP contribution < -0.4 is 10.9 Å². The van der Waals surface area contributed by atoms with Crippen molar-refractivity contribution in [2.75, 3.05) is 13.2 Å². The molecule has 0 spiro atoms. The Hall–Kier alpha value is -2.47. The van der Waals surface area contributed by atoms with Gasteiger partial charge in [0, 0.05) is 25.0 Å². The molecule has 1 aliphatic heterocycles. The van der Waals surface area contributed by atoms with Crippen LogP contribution in [0.3, 0.4) is 0 Å². The molecule has 1 aromatic carbocycles. The molecular weight excluding hydrogens is 311 g/mol. The van der Waals surface area contributed by atoms with Crippen LogP contribution in [0.4, 0.5) is 4.39 Å². The van der Waals surface area contributed by atoms with Crippen LogP contribution in [0.5, 0.6) is 0 Å². The van der Waals surface area contributed by atoms with Crippen LogP contribution in [-0.2, 0) is 10.3 Å². The molecule has 1 amide bonds. The van der Waals surface area contributed by atoms with E-state index in [2.05, 4.69) is 10.3 Å². The van der Waals surface area contributed by atoms with Crippen molar-refractivity contribution in [3.8, 4) is 0 Å². The maximum Gasteiger partial charge on any atom is 0.253 e. The predicted molar refractivity (Wildman–Crippen MR) is 87.4 cm³/mol. The van der Waals surface area contributed by atoms with Gasteiger partial charge in [0.05, 0.1) is 11.1 Å². The molecule has 6 heteroatoms. The smallest absolute Gasteiger partial charge is 0.253 e. The number of aromatic nitrogens is 1. The fraction of sp³-hybridized carbons (Fsp3) is 0.333. The number of rotatable bonds is 3. The minimum Gasteiger partial charge on any atom is -0.381 e. The van der Waals surface area contributed by atoms with Gasteiger partial charge in [-0.25, -0.2) is 4.39 Å². The standard InChI is InChI=1S/C18H19FN2O3/c1-12-15(6-7-16(22)20-12)17(23)21-18(8-10-24-11-9-18)13-2-4-14(19)5-3-13/h2-7H,8-11H2,1H3,(H,20,22)(H,21,23). The van der Waals surface area contributed by atoms with E-state index < -0.39 is 5.54 Å². The molecule has 0 atom stereocenters. The zero-order valence-corrected chi connectivity index (χ0v) is 13.4. The third-order valence-corrected chi connectivity index (χ3v) is 4.46. The van der Waals surface area contributed by atoms with Gasteiger partial charge in [-0.3, -0.25) is 9.59 Å². The maximum absolute atomic E-state index is 13.3. The molecular formula is C18H19FN2O3. The number of amides is 1. The van der Waals surface area contributed by atoms with Crippen molar-refractivity contribution in [1.29, 1.82) is 0 Å². The molecule has 5 nitrogen and oxygen atoms in total. The Labute approximate surface area is 138 Å². The molecule has 126 valence electrons. The molecule has 0 saturated carbocycles. The van der Waals surface area contributed by atoms with Gasteiger partial charge in [0.1, 0.15) is 5.82 Å². The lowest BCUT2D eigenvalue weighted by atomic mass is 9.82. The number of halogens is 1. The number of hydrogen-bond donors (Lipinski definition) is 2. The summed E-state index contributed by atoms with van der Waals surface area (Å²) >= 11 is 0. The van der Waals surface area contributed by atoms with Gasteiger partial charge >= 0.3 is 0 Å². The average Bonchev–Trinajstić information content (AvgIpc) is 2.56. The molecule has 2 N–H and O–H groups in total. The highest BCUT2D eigenvalue weighted by molar-refractivity contribution is 5.95. The second kappa shape index (κ2) is 6.57. The lowest BCUT2D eigenvalue weighted by Crippen LogP contribution is -2.49. The monoisotopic (exact) mass is 330 g/mol. The van der Waals surface area contributed by atoms with Crippen molar-refractivity contribution in [1.82, 2.24) is 10.3 Å². The maximum atomic E-state index is 13.3. The summed E-state index contributed by atoms with van der Waals surface area (Å²) in [4.78, 5) is 26.7. The van der Waals surface area contributed by atoms with Crippen molar-refractivity contribution in [3.05, 3.63) is 69.4 Å². The van der Waals surface area contributed by atoms with E-state index in [1.54, 1.807) is 19.1 Å². The molecule has 1 aliphatic rings. The highest BCUT2D eigenvalue weighted by Gasteiger charge is 2.36. The fourth-order valence-corrected chi connectivity index (χ4v) is 3.08. The molecule has 0 radical (unpaired) electrons. The zero-order valence-electron chi connectivity index (χ0n) is 13.4. The summed E-state index contributed by atoms with van der Waals surface area (Å²) in [5.41, 5.74) is 0.931. The predicted octanol–water partition coefficient (Wildman–Crippen LogP) is 2.26. The van der Waals surface area contributed by atoms with Crippen molar-refractivity contribution in [2.24, 2.45) is 0 Å². The average molecular weight is 330 g/mol. The number of ether oxygens (including phenoxy) is 1. The first-order valence-electron chi connectivity index (χ1n) is 7.86. The molecule has 0 unspecified atom stereocenters. The number of carbonyl (C=O) groups is 1. The summed E-state index contributed by atoms with van der Waals surface area (Å²) in [5.74, 6) is -0.585. The fourth-order valence-electron chi connectivity index (χ4n) is 3.08. The SMILES string of the molecule is Cc1[nH]c(=O)ccc1C(=O)NC1(c2ccc(F)cc2)CCOCC1. The summed E-state index contributed by atoms with van der Waals surface area (Å²) in [5, 5.41) is 3.08. The molecule has 1 aromatic heterocycles. The topological polar surface area (TPSA) is 71.2 Å². The summed E-state index contributed by atoms with van der Waals surface area (Å²) in [6.45, 7) is 2.72. The number of H-pyrrole nitrogens is 1. The second-order valence-corrected chi connectivity index (χ2v) is 6.02. The van der Waals surface area contributed by atoms with Crippen molar-refractivity contribution >= 4 is 5.91 Å². The van der Waals surface area contributed by atoms with Crippen LogP contribution in [0, 0.1) is 12.7 Å². The molecule has 0 bridgehead atoms. The lowest BCUT2D eigenvalue weighted by Gasteiger charge is -2.38. The summed E-state index contributed by atoms with van der Waals surface area (Å²) in [6, 6.07) is 9.02. The van der Waals surface area contributed by atoms with Gasteiger partial charge in [-0.15, -0.1) is 0 Å². The molecule has 1 saturated heterocycles. The highest BCUT2D eigenvalue weighted by Crippen LogP contribution is 2.32. The molecule has 0 aliphatic carbocycles. The van der Waals surface area contributed by atoms with E-state index in [-0.39, 0.29) is 17.3 Å². The van der Waals surface area contributed by atoms with Gasteiger partial charge in [0.15, 0.2) is 0 Å². The molecule has 3 rings (SSSR count). The number of hydrogen-bond acceptors (Lipinski definition) is 3. The lowest BCUT2D eigenvalue weighted by molar-refractivity contribution is 0.0345. The Kier molecular flexibility index (Phi) is 4.49. The van der Waals surface area contributed by atoms with E-state index in [1.807, 2.05) is 0 Å². The normalized spacial score (nSPS) is 16.6.